The second-order valence-corrected chi connectivity index (χ2v) is 5.31. The highest BCUT2D eigenvalue weighted by Gasteiger charge is 2.29. The van der Waals surface area contributed by atoms with Gasteiger partial charge in [-0.1, -0.05) is 23.7 Å². The summed E-state index contributed by atoms with van der Waals surface area (Å²) in [5.74, 6) is -1.24. The van der Waals surface area contributed by atoms with Crippen LogP contribution in [0, 0.1) is 0 Å². The van der Waals surface area contributed by atoms with Crippen molar-refractivity contribution >= 4 is 29.1 Å². The molecule has 2 rings (SSSR count). The zero-order valence-electron chi connectivity index (χ0n) is 11.4. The van der Waals surface area contributed by atoms with E-state index in [-0.39, 0.29) is 12.2 Å². The van der Waals surface area contributed by atoms with Gasteiger partial charge in [0, 0.05) is 13.1 Å². The second-order valence-electron chi connectivity index (χ2n) is 4.90. The Balaban J connectivity index is 2.02. The van der Waals surface area contributed by atoms with Crippen LogP contribution >= 0.6 is 11.6 Å². The lowest BCUT2D eigenvalue weighted by atomic mass is 10.2. The number of amides is 2. The average Bonchev–Trinajstić information content (AvgIpc) is 2.39. The maximum absolute atomic E-state index is 12.1. The van der Waals surface area contributed by atoms with Crippen LogP contribution in [0.5, 0.6) is 0 Å². The van der Waals surface area contributed by atoms with Crippen LogP contribution in [0.2, 0.25) is 5.02 Å². The number of halogens is 1. The van der Waals surface area contributed by atoms with Gasteiger partial charge >= 0.3 is 11.8 Å². The van der Waals surface area contributed by atoms with Crippen molar-refractivity contribution in [2.45, 2.75) is 26.1 Å². The molecule has 0 spiro atoms. The molecule has 1 aliphatic rings. The van der Waals surface area contributed by atoms with Crippen LogP contribution < -0.4 is 5.32 Å². The van der Waals surface area contributed by atoms with Crippen molar-refractivity contribution < 1.29 is 14.3 Å². The first-order chi connectivity index (χ1) is 9.47. The molecule has 0 saturated carbocycles. The van der Waals surface area contributed by atoms with Crippen LogP contribution in [-0.4, -0.2) is 42.0 Å². The van der Waals surface area contributed by atoms with E-state index in [0.717, 1.165) is 0 Å². The molecule has 0 radical (unpaired) electrons. The average molecular weight is 297 g/mol. The molecular weight excluding hydrogens is 280 g/mol. The van der Waals surface area contributed by atoms with Gasteiger partial charge in [-0.15, -0.1) is 0 Å². The molecule has 0 aromatic heterocycles. The van der Waals surface area contributed by atoms with E-state index in [1.165, 1.54) is 4.90 Å². The van der Waals surface area contributed by atoms with Crippen molar-refractivity contribution in [1.82, 2.24) is 4.90 Å². The number of carbonyl (C=O) groups excluding carboxylic acids is 2. The zero-order valence-corrected chi connectivity index (χ0v) is 12.2. The fourth-order valence-electron chi connectivity index (χ4n) is 2.23. The first kappa shape index (κ1) is 14.8. The molecule has 2 atom stereocenters. The Morgan fingerprint density at radius 1 is 1.25 bits per heavy atom. The first-order valence-electron chi connectivity index (χ1n) is 6.47. The third-order valence-electron chi connectivity index (χ3n) is 3.02. The lowest BCUT2D eigenvalue weighted by molar-refractivity contribution is -0.151. The molecule has 108 valence electrons. The lowest BCUT2D eigenvalue weighted by Crippen LogP contribution is -2.51. The highest BCUT2D eigenvalue weighted by molar-refractivity contribution is 6.41. The fraction of sp³-hybridized carbons (Fsp3) is 0.429. The van der Waals surface area contributed by atoms with E-state index in [1.54, 1.807) is 24.3 Å². The Hall–Kier alpha value is -1.59. The number of nitrogens with zero attached hydrogens (tertiary/aromatic N) is 1. The number of hydrogen-bond donors (Lipinski definition) is 1. The van der Waals surface area contributed by atoms with E-state index in [9.17, 15) is 9.59 Å². The molecule has 1 N–H and O–H groups in total. The molecule has 2 amide bonds. The van der Waals surface area contributed by atoms with E-state index in [1.807, 2.05) is 13.8 Å². The summed E-state index contributed by atoms with van der Waals surface area (Å²) >= 11 is 5.95. The first-order valence-corrected chi connectivity index (χ1v) is 6.85. The van der Waals surface area contributed by atoms with Crippen LogP contribution in [-0.2, 0) is 14.3 Å². The van der Waals surface area contributed by atoms with Crippen molar-refractivity contribution in [2.75, 3.05) is 18.4 Å². The summed E-state index contributed by atoms with van der Waals surface area (Å²) in [6.45, 7) is 4.59. The fourth-order valence-corrected chi connectivity index (χ4v) is 2.41. The van der Waals surface area contributed by atoms with E-state index >= 15 is 0 Å². The van der Waals surface area contributed by atoms with Gasteiger partial charge < -0.3 is 15.0 Å². The minimum absolute atomic E-state index is 0.0733. The number of carbonyl (C=O) groups is 2. The van der Waals surface area contributed by atoms with Gasteiger partial charge in [-0.25, -0.2) is 0 Å². The lowest BCUT2D eigenvalue weighted by Gasteiger charge is -2.34. The highest BCUT2D eigenvalue weighted by Crippen LogP contribution is 2.20. The third-order valence-corrected chi connectivity index (χ3v) is 3.35. The van der Waals surface area contributed by atoms with Gasteiger partial charge in [0.15, 0.2) is 0 Å². The Morgan fingerprint density at radius 2 is 1.85 bits per heavy atom. The predicted molar refractivity (Wildman–Crippen MR) is 76.7 cm³/mol. The van der Waals surface area contributed by atoms with Crippen molar-refractivity contribution in [1.29, 1.82) is 0 Å². The van der Waals surface area contributed by atoms with E-state index < -0.39 is 11.8 Å². The summed E-state index contributed by atoms with van der Waals surface area (Å²) in [5.41, 5.74) is 0.432. The number of benzene rings is 1. The number of nitrogens with one attached hydrogen (secondary N) is 1. The zero-order chi connectivity index (χ0) is 14.7. The van der Waals surface area contributed by atoms with Crippen LogP contribution in [0.4, 0.5) is 5.69 Å². The van der Waals surface area contributed by atoms with Crippen LogP contribution in [0.3, 0.4) is 0 Å². The molecule has 5 nitrogen and oxygen atoms in total. The SMILES string of the molecule is CC1CN(C(=O)C(=O)Nc2ccccc2Cl)CC(C)O1. The summed E-state index contributed by atoms with van der Waals surface area (Å²) in [7, 11) is 0. The Bertz CT molecular complexity index is 511. The molecule has 20 heavy (non-hydrogen) atoms. The number of rotatable bonds is 1. The van der Waals surface area contributed by atoms with Gasteiger partial charge in [0.2, 0.25) is 0 Å². The van der Waals surface area contributed by atoms with Crippen molar-refractivity contribution in [3.05, 3.63) is 29.3 Å². The summed E-state index contributed by atoms with van der Waals surface area (Å²) < 4.78 is 5.54. The van der Waals surface area contributed by atoms with E-state index in [2.05, 4.69) is 5.32 Å². The van der Waals surface area contributed by atoms with E-state index in [0.29, 0.717) is 23.8 Å². The topological polar surface area (TPSA) is 58.6 Å². The Morgan fingerprint density at radius 3 is 2.45 bits per heavy atom. The maximum Gasteiger partial charge on any atom is 0.313 e. The number of anilines is 1. The van der Waals surface area contributed by atoms with Gasteiger partial charge in [-0.05, 0) is 26.0 Å². The van der Waals surface area contributed by atoms with Gasteiger partial charge in [-0.2, -0.15) is 0 Å². The van der Waals surface area contributed by atoms with Crippen LogP contribution in [0.15, 0.2) is 24.3 Å². The summed E-state index contributed by atoms with van der Waals surface area (Å²) in [6, 6.07) is 6.80. The maximum atomic E-state index is 12.1. The molecule has 0 bridgehead atoms. The van der Waals surface area contributed by atoms with Crippen molar-refractivity contribution in [3.63, 3.8) is 0 Å². The number of para-hydroxylation sites is 1. The quantitative estimate of drug-likeness (QED) is 0.806. The second kappa shape index (κ2) is 6.24. The summed E-state index contributed by atoms with van der Waals surface area (Å²) in [6.07, 6.45) is -0.147. The monoisotopic (exact) mass is 296 g/mol. The summed E-state index contributed by atoms with van der Waals surface area (Å²) in [5, 5.41) is 2.93. The molecule has 1 heterocycles. The number of hydrogen-bond acceptors (Lipinski definition) is 3. The minimum atomic E-state index is -0.681. The Kier molecular flexibility index (Phi) is 4.62. The molecule has 0 aliphatic carbocycles. The molecule has 6 heteroatoms. The van der Waals surface area contributed by atoms with Crippen molar-refractivity contribution in [3.8, 4) is 0 Å². The van der Waals surface area contributed by atoms with Crippen LogP contribution in [0.25, 0.3) is 0 Å². The summed E-state index contributed by atoms with van der Waals surface area (Å²) in [4.78, 5) is 25.6. The molecule has 1 aliphatic heterocycles. The predicted octanol–water partition coefficient (Wildman–Crippen LogP) is 1.91. The highest BCUT2D eigenvalue weighted by atomic mass is 35.5. The number of morpholine rings is 1. The van der Waals surface area contributed by atoms with Gasteiger partial charge in [0.1, 0.15) is 0 Å². The molecule has 2 unspecified atom stereocenters. The normalized spacial score (nSPS) is 22.4. The standard InChI is InChI=1S/C14H17ClN2O3/c1-9-7-17(8-10(2)20-9)14(19)13(18)16-12-6-4-3-5-11(12)15/h3-6,9-10H,7-8H2,1-2H3,(H,16,18). The molecule has 1 aromatic carbocycles. The van der Waals surface area contributed by atoms with E-state index in [4.69, 9.17) is 16.3 Å². The van der Waals surface area contributed by atoms with Crippen LogP contribution in [0.1, 0.15) is 13.8 Å². The molecular formula is C14H17ClN2O3. The molecule has 1 fully saturated rings. The Labute approximate surface area is 122 Å². The molecule has 1 aromatic rings. The molecule has 1 saturated heterocycles. The minimum Gasteiger partial charge on any atom is -0.372 e. The van der Waals surface area contributed by atoms with Gasteiger partial charge in [0.25, 0.3) is 0 Å². The van der Waals surface area contributed by atoms with Gasteiger partial charge in [-0.3, -0.25) is 9.59 Å². The van der Waals surface area contributed by atoms with Crippen molar-refractivity contribution in [2.24, 2.45) is 0 Å². The smallest absolute Gasteiger partial charge is 0.313 e. The number of ether oxygens (including phenoxy) is 1. The largest absolute Gasteiger partial charge is 0.372 e. The third kappa shape index (κ3) is 3.49. The van der Waals surface area contributed by atoms with Gasteiger partial charge in [0.05, 0.1) is 22.9 Å².